The Kier molecular flexibility index (Phi) is 2.79. The summed E-state index contributed by atoms with van der Waals surface area (Å²) in [5.74, 6) is 0.680. The summed E-state index contributed by atoms with van der Waals surface area (Å²) in [5, 5.41) is 5.52. The Morgan fingerprint density at radius 2 is 1.28 bits per heavy atom. The average molecular weight is 234 g/mol. The van der Waals surface area contributed by atoms with Crippen molar-refractivity contribution in [2.24, 2.45) is 5.92 Å². The third kappa shape index (κ3) is 1.88. The van der Waals surface area contributed by atoms with E-state index in [4.69, 9.17) is 0 Å². The maximum atomic E-state index is 2.30. The minimum absolute atomic E-state index is 0.680. The van der Waals surface area contributed by atoms with E-state index in [0.29, 0.717) is 5.92 Å². The maximum Gasteiger partial charge on any atom is -0.0145 e. The van der Waals surface area contributed by atoms with E-state index in [-0.39, 0.29) is 0 Å². The zero-order chi connectivity index (χ0) is 12.5. The number of fused-ring (bicyclic) bond motifs is 2. The summed E-state index contributed by atoms with van der Waals surface area (Å²) < 4.78 is 0. The van der Waals surface area contributed by atoms with E-state index >= 15 is 0 Å². The molecule has 0 nitrogen and oxygen atoms in total. The van der Waals surface area contributed by atoms with Gasteiger partial charge in [0.25, 0.3) is 0 Å². The van der Waals surface area contributed by atoms with Crippen molar-refractivity contribution >= 4 is 21.5 Å². The summed E-state index contributed by atoms with van der Waals surface area (Å²) in [6, 6.07) is 19.7. The highest BCUT2D eigenvalue weighted by Crippen LogP contribution is 2.30. The molecule has 0 amide bonds. The summed E-state index contributed by atoms with van der Waals surface area (Å²) in [4.78, 5) is 0. The molecule has 0 fully saturated rings. The van der Waals surface area contributed by atoms with Gasteiger partial charge in [-0.2, -0.15) is 0 Å². The lowest BCUT2D eigenvalue weighted by Crippen LogP contribution is -1.96. The van der Waals surface area contributed by atoms with Crippen LogP contribution >= 0.6 is 0 Å². The fourth-order valence-electron chi connectivity index (χ4n) is 2.74. The largest absolute Gasteiger partial charge is 0.0625 e. The van der Waals surface area contributed by atoms with E-state index in [1.54, 1.807) is 0 Å². The Labute approximate surface area is 108 Å². The zero-order valence-electron chi connectivity index (χ0n) is 11.0. The van der Waals surface area contributed by atoms with Crippen molar-refractivity contribution in [1.29, 1.82) is 0 Å². The van der Waals surface area contributed by atoms with E-state index < -0.39 is 0 Å². The van der Waals surface area contributed by atoms with Crippen LogP contribution in [0.3, 0.4) is 0 Å². The van der Waals surface area contributed by atoms with Crippen molar-refractivity contribution in [1.82, 2.24) is 0 Å². The van der Waals surface area contributed by atoms with Crippen LogP contribution < -0.4 is 0 Å². The van der Waals surface area contributed by atoms with Crippen molar-refractivity contribution in [2.75, 3.05) is 0 Å². The quantitative estimate of drug-likeness (QED) is 0.535. The second-order valence-corrected chi connectivity index (χ2v) is 5.40. The van der Waals surface area contributed by atoms with Gasteiger partial charge in [0.05, 0.1) is 0 Å². The molecule has 0 radical (unpaired) electrons. The molecule has 18 heavy (non-hydrogen) atoms. The van der Waals surface area contributed by atoms with E-state index in [1.165, 1.54) is 27.1 Å². The second-order valence-electron chi connectivity index (χ2n) is 5.40. The van der Waals surface area contributed by atoms with E-state index in [2.05, 4.69) is 68.4 Å². The fraction of sp³-hybridized carbons (Fsp3) is 0.222. The second kappa shape index (κ2) is 4.45. The molecule has 3 aromatic rings. The molecule has 3 aromatic carbocycles. The van der Waals surface area contributed by atoms with Gasteiger partial charge in [-0.15, -0.1) is 0 Å². The van der Waals surface area contributed by atoms with Crippen molar-refractivity contribution < 1.29 is 0 Å². The minimum atomic E-state index is 0.680. The minimum Gasteiger partial charge on any atom is -0.0625 e. The summed E-state index contributed by atoms with van der Waals surface area (Å²) >= 11 is 0. The SMILES string of the molecule is CC(C)Cc1c2ccccc2cc2ccccc12. The van der Waals surface area contributed by atoms with Gasteiger partial charge in [0, 0.05) is 0 Å². The monoisotopic (exact) mass is 234 g/mol. The maximum absolute atomic E-state index is 2.30. The fourth-order valence-corrected chi connectivity index (χ4v) is 2.74. The van der Waals surface area contributed by atoms with Gasteiger partial charge in [-0.1, -0.05) is 62.4 Å². The molecule has 0 N–H and O–H groups in total. The normalized spacial score (nSPS) is 11.5. The topological polar surface area (TPSA) is 0 Å². The first kappa shape index (κ1) is 11.3. The molecule has 0 heteroatoms. The van der Waals surface area contributed by atoms with Gasteiger partial charge in [0.2, 0.25) is 0 Å². The van der Waals surface area contributed by atoms with Gasteiger partial charge in [0.1, 0.15) is 0 Å². The van der Waals surface area contributed by atoms with Gasteiger partial charge in [-0.05, 0) is 45.5 Å². The van der Waals surface area contributed by atoms with Crippen molar-refractivity contribution in [3.8, 4) is 0 Å². The number of rotatable bonds is 2. The van der Waals surface area contributed by atoms with Crippen LogP contribution in [0.25, 0.3) is 21.5 Å². The molecule has 0 aliphatic carbocycles. The van der Waals surface area contributed by atoms with Crippen LogP contribution in [0.15, 0.2) is 54.6 Å². The average Bonchev–Trinajstić information content (AvgIpc) is 2.38. The highest BCUT2D eigenvalue weighted by molar-refractivity contribution is 6.02. The smallest absolute Gasteiger partial charge is 0.0145 e. The molecule has 0 bridgehead atoms. The Hall–Kier alpha value is -1.82. The first-order valence-electron chi connectivity index (χ1n) is 6.65. The molecule has 0 saturated heterocycles. The van der Waals surface area contributed by atoms with Gasteiger partial charge in [0.15, 0.2) is 0 Å². The van der Waals surface area contributed by atoms with Crippen LogP contribution in [0.4, 0.5) is 0 Å². The molecule has 3 rings (SSSR count). The van der Waals surface area contributed by atoms with Crippen LogP contribution in [-0.2, 0) is 6.42 Å². The number of hydrogen-bond donors (Lipinski definition) is 0. The van der Waals surface area contributed by atoms with Crippen molar-refractivity contribution in [3.05, 3.63) is 60.2 Å². The predicted molar refractivity (Wildman–Crippen MR) is 80.0 cm³/mol. The summed E-state index contributed by atoms with van der Waals surface area (Å²) in [7, 11) is 0. The van der Waals surface area contributed by atoms with E-state index in [1.807, 2.05) is 0 Å². The van der Waals surface area contributed by atoms with Crippen molar-refractivity contribution in [2.45, 2.75) is 20.3 Å². The molecule has 0 saturated carbocycles. The standard InChI is InChI=1S/C18H18/c1-13(2)11-18-16-9-5-3-7-14(16)12-15-8-4-6-10-17(15)18/h3-10,12-13H,11H2,1-2H3. The number of benzene rings is 3. The Balaban J connectivity index is 2.41. The molecule has 0 atom stereocenters. The molecule has 0 heterocycles. The Bertz CT molecular complexity index is 639. The summed E-state index contributed by atoms with van der Waals surface area (Å²) in [5.41, 5.74) is 1.50. The molecule has 90 valence electrons. The third-order valence-corrected chi connectivity index (χ3v) is 3.50. The predicted octanol–water partition coefficient (Wildman–Crippen LogP) is 5.19. The van der Waals surface area contributed by atoms with Crippen LogP contribution in [0.1, 0.15) is 19.4 Å². The molecule has 0 aromatic heterocycles. The molecule has 0 spiro atoms. The molecule has 0 unspecified atom stereocenters. The molecular formula is C18H18. The van der Waals surface area contributed by atoms with E-state index in [0.717, 1.165) is 6.42 Å². The lowest BCUT2D eigenvalue weighted by molar-refractivity contribution is 0.653. The van der Waals surface area contributed by atoms with Gasteiger partial charge >= 0.3 is 0 Å². The Morgan fingerprint density at radius 3 is 1.78 bits per heavy atom. The van der Waals surface area contributed by atoms with Crippen LogP contribution in [-0.4, -0.2) is 0 Å². The first-order chi connectivity index (χ1) is 8.75. The highest BCUT2D eigenvalue weighted by atomic mass is 14.1. The van der Waals surface area contributed by atoms with Crippen molar-refractivity contribution in [3.63, 3.8) is 0 Å². The lowest BCUT2D eigenvalue weighted by Gasteiger charge is -2.13. The first-order valence-corrected chi connectivity index (χ1v) is 6.65. The molecular weight excluding hydrogens is 216 g/mol. The van der Waals surface area contributed by atoms with Gasteiger partial charge in [-0.3, -0.25) is 0 Å². The van der Waals surface area contributed by atoms with Gasteiger partial charge in [-0.25, -0.2) is 0 Å². The zero-order valence-corrected chi connectivity index (χ0v) is 11.0. The Morgan fingerprint density at radius 1 is 0.778 bits per heavy atom. The van der Waals surface area contributed by atoms with Crippen LogP contribution in [0.5, 0.6) is 0 Å². The lowest BCUT2D eigenvalue weighted by atomic mass is 9.91. The van der Waals surface area contributed by atoms with Crippen LogP contribution in [0.2, 0.25) is 0 Å². The molecule has 0 aliphatic heterocycles. The number of hydrogen-bond acceptors (Lipinski definition) is 0. The van der Waals surface area contributed by atoms with Crippen LogP contribution in [0, 0.1) is 5.92 Å². The highest BCUT2D eigenvalue weighted by Gasteiger charge is 2.08. The third-order valence-electron chi connectivity index (χ3n) is 3.50. The summed E-state index contributed by atoms with van der Waals surface area (Å²) in [6.07, 6.45) is 1.14. The van der Waals surface area contributed by atoms with Gasteiger partial charge < -0.3 is 0 Å². The summed E-state index contributed by atoms with van der Waals surface area (Å²) in [6.45, 7) is 4.58. The van der Waals surface area contributed by atoms with E-state index in [9.17, 15) is 0 Å². The molecule has 0 aliphatic rings.